The summed E-state index contributed by atoms with van der Waals surface area (Å²) < 4.78 is 0. The molecule has 104 valence electrons. The van der Waals surface area contributed by atoms with Crippen molar-refractivity contribution in [2.75, 3.05) is 0 Å². The van der Waals surface area contributed by atoms with E-state index < -0.39 is 12.0 Å². The van der Waals surface area contributed by atoms with Gasteiger partial charge in [0, 0.05) is 6.42 Å². The molecule has 0 spiro atoms. The molecule has 0 heterocycles. The summed E-state index contributed by atoms with van der Waals surface area (Å²) in [5.41, 5.74) is 0. The minimum Gasteiger partial charge on any atom is -0.480 e. The Morgan fingerprint density at radius 2 is 1.89 bits per heavy atom. The molecule has 1 aliphatic carbocycles. The van der Waals surface area contributed by atoms with Gasteiger partial charge in [-0.1, -0.05) is 39.5 Å². The van der Waals surface area contributed by atoms with Crippen molar-refractivity contribution >= 4 is 11.9 Å². The molecule has 0 aromatic carbocycles. The third-order valence-corrected chi connectivity index (χ3v) is 3.99. The van der Waals surface area contributed by atoms with E-state index in [4.69, 9.17) is 5.11 Å². The largest absolute Gasteiger partial charge is 0.480 e. The lowest BCUT2D eigenvalue weighted by Gasteiger charge is -2.24. The highest BCUT2D eigenvalue weighted by molar-refractivity contribution is 5.83. The Labute approximate surface area is 109 Å². The first kappa shape index (κ1) is 15.0. The first-order valence-electron chi connectivity index (χ1n) is 7.06. The zero-order chi connectivity index (χ0) is 13.5. The highest BCUT2D eigenvalue weighted by Crippen LogP contribution is 2.26. The number of nitrogens with one attached hydrogen (secondary N) is 1. The van der Waals surface area contributed by atoms with Crippen molar-refractivity contribution in [3.8, 4) is 0 Å². The monoisotopic (exact) mass is 255 g/mol. The predicted octanol–water partition coefficient (Wildman–Crippen LogP) is 2.57. The summed E-state index contributed by atoms with van der Waals surface area (Å²) in [4.78, 5) is 23.0. The highest BCUT2D eigenvalue weighted by Gasteiger charge is 2.26. The van der Waals surface area contributed by atoms with Crippen molar-refractivity contribution in [1.82, 2.24) is 5.32 Å². The van der Waals surface area contributed by atoms with Gasteiger partial charge in [-0.2, -0.15) is 0 Å². The summed E-state index contributed by atoms with van der Waals surface area (Å²) in [6, 6.07) is -0.744. The Morgan fingerprint density at radius 1 is 1.28 bits per heavy atom. The molecule has 0 bridgehead atoms. The molecule has 1 fully saturated rings. The van der Waals surface area contributed by atoms with Crippen molar-refractivity contribution in [2.45, 2.75) is 64.8 Å². The van der Waals surface area contributed by atoms with Crippen LogP contribution in [0.1, 0.15) is 58.8 Å². The molecule has 0 aromatic heterocycles. The van der Waals surface area contributed by atoms with Crippen molar-refractivity contribution in [3.63, 3.8) is 0 Å². The van der Waals surface area contributed by atoms with E-state index in [1.807, 2.05) is 13.8 Å². The van der Waals surface area contributed by atoms with Crippen LogP contribution in [0.15, 0.2) is 0 Å². The van der Waals surface area contributed by atoms with Crippen LogP contribution in [-0.4, -0.2) is 23.0 Å². The maximum atomic E-state index is 11.9. The second-order valence-electron chi connectivity index (χ2n) is 5.48. The van der Waals surface area contributed by atoms with Crippen LogP contribution in [0.2, 0.25) is 0 Å². The fourth-order valence-electron chi connectivity index (χ4n) is 2.57. The van der Waals surface area contributed by atoms with Crippen LogP contribution in [0.25, 0.3) is 0 Å². The van der Waals surface area contributed by atoms with E-state index in [9.17, 15) is 9.59 Å². The zero-order valence-electron chi connectivity index (χ0n) is 11.4. The molecule has 1 amide bonds. The third-order valence-electron chi connectivity index (χ3n) is 3.99. The molecule has 0 radical (unpaired) electrons. The number of aliphatic carboxylic acids is 1. The van der Waals surface area contributed by atoms with Crippen molar-refractivity contribution in [3.05, 3.63) is 0 Å². The van der Waals surface area contributed by atoms with Crippen molar-refractivity contribution in [1.29, 1.82) is 0 Å². The molecule has 0 aromatic rings. The summed E-state index contributed by atoms with van der Waals surface area (Å²) in [7, 11) is 0. The van der Waals surface area contributed by atoms with E-state index in [0.717, 1.165) is 19.3 Å². The second-order valence-corrected chi connectivity index (χ2v) is 5.48. The molecule has 1 rings (SSSR count). The number of rotatable bonds is 6. The van der Waals surface area contributed by atoms with Crippen LogP contribution >= 0.6 is 0 Å². The average Bonchev–Trinajstić information content (AvgIpc) is 2.36. The number of amides is 1. The van der Waals surface area contributed by atoms with Crippen molar-refractivity contribution in [2.24, 2.45) is 11.8 Å². The predicted molar refractivity (Wildman–Crippen MR) is 70.2 cm³/mol. The third kappa shape index (κ3) is 4.67. The van der Waals surface area contributed by atoms with Gasteiger partial charge in [-0.15, -0.1) is 0 Å². The lowest BCUT2D eigenvalue weighted by Crippen LogP contribution is -2.45. The van der Waals surface area contributed by atoms with Crippen LogP contribution in [0, 0.1) is 11.8 Å². The summed E-state index contributed by atoms with van der Waals surface area (Å²) in [5.74, 6) is -0.612. The summed E-state index contributed by atoms with van der Waals surface area (Å²) in [6.07, 6.45) is 7.12. The van der Waals surface area contributed by atoms with E-state index in [1.165, 1.54) is 19.3 Å². The molecule has 18 heavy (non-hydrogen) atoms. The van der Waals surface area contributed by atoms with Crippen LogP contribution in [0.5, 0.6) is 0 Å². The smallest absolute Gasteiger partial charge is 0.326 e. The fraction of sp³-hybridized carbons (Fsp3) is 0.857. The lowest BCUT2D eigenvalue weighted by atomic mass is 9.86. The second kappa shape index (κ2) is 7.39. The van der Waals surface area contributed by atoms with Gasteiger partial charge in [-0.25, -0.2) is 4.79 Å². The molecule has 0 unspecified atom stereocenters. The summed E-state index contributed by atoms with van der Waals surface area (Å²) in [5, 5.41) is 11.8. The zero-order valence-corrected chi connectivity index (χ0v) is 11.4. The van der Waals surface area contributed by atoms with Crippen LogP contribution in [-0.2, 0) is 9.59 Å². The van der Waals surface area contributed by atoms with Gasteiger partial charge in [0.05, 0.1) is 0 Å². The van der Waals surface area contributed by atoms with E-state index in [1.54, 1.807) is 0 Å². The molecule has 0 saturated heterocycles. The maximum Gasteiger partial charge on any atom is 0.326 e. The first-order chi connectivity index (χ1) is 8.54. The van der Waals surface area contributed by atoms with Gasteiger partial charge >= 0.3 is 5.97 Å². The summed E-state index contributed by atoms with van der Waals surface area (Å²) in [6.45, 7) is 3.80. The first-order valence-corrected chi connectivity index (χ1v) is 7.06. The van der Waals surface area contributed by atoms with Gasteiger partial charge < -0.3 is 10.4 Å². The Balaban J connectivity index is 2.42. The molecule has 4 heteroatoms. The molecule has 2 atom stereocenters. The van der Waals surface area contributed by atoms with Gasteiger partial charge in [0.25, 0.3) is 0 Å². The number of hydrogen-bond acceptors (Lipinski definition) is 2. The number of hydrogen-bond donors (Lipinski definition) is 2. The highest BCUT2D eigenvalue weighted by atomic mass is 16.4. The standard InChI is InChI=1S/C14H25NO3/c1-3-10(2)13(14(17)18)15-12(16)9-11-7-5-4-6-8-11/h10-11,13H,3-9H2,1-2H3,(H,15,16)(H,17,18)/t10-,13-/m0/s1. The summed E-state index contributed by atoms with van der Waals surface area (Å²) >= 11 is 0. The molecule has 2 N–H and O–H groups in total. The van der Waals surface area contributed by atoms with E-state index in [0.29, 0.717) is 12.3 Å². The SMILES string of the molecule is CC[C@H](C)[C@H](NC(=O)CC1CCCCC1)C(=O)O. The topological polar surface area (TPSA) is 66.4 Å². The van der Waals surface area contributed by atoms with Crippen LogP contribution in [0.3, 0.4) is 0 Å². The van der Waals surface area contributed by atoms with Gasteiger partial charge in [-0.05, 0) is 24.7 Å². The Hall–Kier alpha value is -1.06. The van der Waals surface area contributed by atoms with Crippen molar-refractivity contribution < 1.29 is 14.7 Å². The normalized spacial score (nSPS) is 20.1. The van der Waals surface area contributed by atoms with Gasteiger partial charge in [0.1, 0.15) is 6.04 Å². The fourth-order valence-corrected chi connectivity index (χ4v) is 2.57. The molecule has 1 saturated carbocycles. The van der Waals surface area contributed by atoms with Crippen LogP contribution < -0.4 is 5.32 Å². The Bertz CT molecular complexity index is 285. The van der Waals surface area contributed by atoms with E-state index >= 15 is 0 Å². The molecular weight excluding hydrogens is 230 g/mol. The average molecular weight is 255 g/mol. The number of carboxylic acids is 1. The number of carbonyl (C=O) groups is 2. The molecule has 1 aliphatic rings. The lowest BCUT2D eigenvalue weighted by molar-refractivity contribution is -0.143. The van der Waals surface area contributed by atoms with Gasteiger partial charge in [0.15, 0.2) is 0 Å². The van der Waals surface area contributed by atoms with Gasteiger partial charge in [-0.3, -0.25) is 4.79 Å². The van der Waals surface area contributed by atoms with E-state index in [-0.39, 0.29) is 11.8 Å². The molecule has 0 aliphatic heterocycles. The molecular formula is C14H25NO3. The minimum absolute atomic E-state index is 0.0298. The number of carboxylic acid groups (broad SMARTS) is 1. The Kier molecular flexibility index (Phi) is 6.16. The van der Waals surface area contributed by atoms with Gasteiger partial charge in [0.2, 0.25) is 5.91 Å². The van der Waals surface area contributed by atoms with E-state index in [2.05, 4.69) is 5.32 Å². The quantitative estimate of drug-likeness (QED) is 0.766. The van der Waals surface area contributed by atoms with Crippen LogP contribution in [0.4, 0.5) is 0 Å². The minimum atomic E-state index is -0.929. The Morgan fingerprint density at radius 3 is 2.39 bits per heavy atom. The maximum absolute atomic E-state index is 11.9. The molecule has 4 nitrogen and oxygen atoms in total. The number of carbonyl (C=O) groups excluding carboxylic acids is 1.